The van der Waals surface area contributed by atoms with E-state index in [1.54, 1.807) is 6.07 Å². The van der Waals surface area contributed by atoms with Crippen LogP contribution in [0.2, 0.25) is 10.0 Å². The van der Waals surface area contributed by atoms with E-state index in [2.05, 4.69) is 0 Å². The number of aliphatic hydroxyl groups excluding tert-OH is 2. The molecule has 0 radical (unpaired) electrons. The minimum absolute atomic E-state index is 0.113. The number of hydrogen-bond donors (Lipinski definition) is 3. The van der Waals surface area contributed by atoms with Crippen LogP contribution in [0.3, 0.4) is 0 Å². The van der Waals surface area contributed by atoms with Crippen molar-refractivity contribution in [1.82, 2.24) is 0 Å². The van der Waals surface area contributed by atoms with Crippen molar-refractivity contribution >= 4 is 29.2 Å². The maximum Gasteiger partial charge on any atom is 0.305 e. The molecule has 0 bridgehead atoms. The average molecular weight is 385 g/mol. The van der Waals surface area contributed by atoms with Crippen LogP contribution in [0.1, 0.15) is 12.8 Å². The number of aliphatic carboxylic acids is 1. The largest absolute Gasteiger partial charge is 0.489 e. The molecular weight excluding hydrogens is 367 g/mol. The van der Waals surface area contributed by atoms with Crippen LogP contribution in [-0.2, 0) is 4.79 Å². The van der Waals surface area contributed by atoms with E-state index in [9.17, 15) is 15.0 Å². The fourth-order valence-corrected chi connectivity index (χ4v) is 2.93. The number of carboxylic acid groups (broad SMARTS) is 1. The summed E-state index contributed by atoms with van der Waals surface area (Å²) in [6.45, 7) is -0.141. The normalized spacial score (nSPS) is 13.3. The lowest BCUT2D eigenvalue weighted by Gasteiger charge is -2.18. The molecule has 1 unspecified atom stereocenters. The summed E-state index contributed by atoms with van der Waals surface area (Å²) < 4.78 is 5.65. The highest BCUT2D eigenvalue weighted by molar-refractivity contribution is 6.36. The van der Waals surface area contributed by atoms with Crippen LogP contribution in [0.4, 0.5) is 0 Å². The molecule has 0 aromatic heterocycles. The lowest BCUT2D eigenvalue weighted by atomic mass is 10.0. The number of ether oxygens (including phenoxy) is 1. The highest BCUT2D eigenvalue weighted by Crippen LogP contribution is 2.39. The van der Waals surface area contributed by atoms with Gasteiger partial charge < -0.3 is 20.1 Å². The van der Waals surface area contributed by atoms with Gasteiger partial charge in [-0.1, -0.05) is 53.5 Å². The summed E-state index contributed by atoms with van der Waals surface area (Å²) in [7, 11) is 0. The van der Waals surface area contributed by atoms with Crippen LogP contribution in [0.5, 0.6) is 5.75 Å². The number of benzene rings is 2. The topological polar surface area (TPSA) is 87.0 Å². The van der Waals surface area contributed by atoms with E-state index in [1.807, 2.05) is 30.3 Å². The summed E-state index contributed by atoms with van der Waals surface area (Å²) in [6, 6.07) is 12.6. The Bertz CT molecular complexity index is 721. The van der Waals surface area contributed by atoms with E-state index < -0.39 is 24.6 Å². The molecule has 3 N–H and O–H groups in total. The third-order valence-electron chi connectivity index (χ3n) is 3.47. The molecule has 0 fully saturated rings. The van der Waals surface area contributed by atoms with Gasteiger partial charge in [-0.25, -0.2) is 0 Å². The Labute approximate surface area is 155 Å². The van der Waals surface area contributed by atoms with E-state index in [0.717, 1.165) is 5.56 Å². The van der Waals surface area contributed by atoms with Crippen LogP contribution in [0.15, 0.2) is 42.5 Å². The first kappa shape index (κ1) is 19.5. The number of hydrogen-bond acceptors (Lipinski definition) is 4. The van der Waals surface area contributed by atoms with Gasteiger partial charge in [0.15, 0.2) is 0 Å². The molecule has 2 atom stereocenters. The lowest BCUT2D eigenvalue weighted by molar-refractivity contribution is -0.139. The maximum absolute atomic E-state index is 10.5. The Morgan fingerprint density at radius 1 is 1.08 bits per heavy atom. The Kier molecular flexibility index (Phi) is 7.08. The van der Waals surface area contributed by atoms with Gasteiger partial charge in [-0.2, -0.15) is 0 Å². The van der Waals surface area contributed by atoms with Gasteiger partial charge in [-0.3, -0.25) is 4.79 Å². The van der Waals surface area contributed by atoms with Gasteiger partial charge in [0.05, 0.1) is 23.7 Å². The van der Waals surface area contributed by atoms with E-state index >= 15 is 0 Å². The second-order valence-corrected chi connectivity index (χ2v) is 6.43. The number of aliphatic hydroxyl groups is 2. The van der Waals surface area contributed by atoms with E-state index in [0.29, 0.717) is 21.4 Å². The summed E-state index contributed by atoms with van der Waals surface area (Å²) >= 11 is 12.3. The molecule has 0 aliphatic carbocycles. The van der Waals surface area contributed by atoms with E-state index in [1.165, 1.54) is 6.07 Å². The van der Waals surface area contributed by atoms with Crippen molar-refractivity contribution in [3.8, 4) is 16.9 Å². The molecule has 0 heterocycles. The third kappa shape index (κ3) is 5.90. The molecule has 2 aromatic carbocycles. The molecule has 0 spiro atoms. The fourth-order valence-electron chi connectivity index (χ4n) is 2.39. The van der Waals surface area contributed by atoms with Gasteiger partial charge in [0.2, 0.25) is 0 Å². The van der Waals surface area contributed by atoms with Gasteiger partial charge in [-0.15, -0.1) is 0 Å². The number of carboxylic acids is 1. The average Bonchev–Trinajstić information content (AvgIpc) is 2.53. The van der Waals surface area contributed by atoms with Crippen LogP contribution in [0.25, 0.3) is 11.1 Å². The summed E-state index contributed by atoms with van der Waals surface area (Å²) in [4.78, 5) is 10.5. The zero-order valence-electron chi connectivity index (χ0n) is 13.2. The Morgan fingerprint density at radius 2 is 1.76 bits per heavy atom. The van der Waals surface area contributed by atoms with Crippen LogP contribution >= 0.6 is 23.2 Å². The number of carbonyl (C=O) groups is 1. The Morgan fingerprint density at radius 3 is 2.40 bits per heavy atom. The van der Waals surface area contributed by atoms with Crippen LogP contribution < -0.4 is 4.74 Å². The Balaban J connectivity index is 2.13. The van der Waals surface area contributed by atoms with Crippen molar-refractivity contribution in [3.05, 3.63) is 52.5 Å². The fraction of sp³-hybridized carbons (Fsp3) is 0.278. The molecule has 2 aromatic rings. The SMILES string of the molecule is O=C(O)C[C@H](O)CC(O)COc1c(Cl)cc(Cl)cc1-c1ccccc1. The number of halogens is 2. The molecule has 5 nitrogen and oxygen atoms in total. The summed E-state index contributed by atoms with van der Waals surface area (Å²) in [5.41, 5.74) is 1.53. The second kappa shape index (κ2) is 9.06. The van der Waals surface area contributed by atoms with Gasteiger partial charge in [0.1, 0.15) is 12.4 Å². The second-order valence-electron chi connectivity index (χ2n) is 5.58. The monoisotopic (exact) mass is 384 g/mol. The minimum atomic E-state index is -1.15. The van der Waals surface area contributed by atoms with Crippen molar-refractivity contribution < 1.29 is 24.9 Å². The standard InChI is InChI=1S/C18H18Cl2O5/c19-12-6-15(11-4-2-1-3-5-11)18(16(20)7-12)25-10-14(22)8-13(21)9-17(23)24/h1-7,13-14,21-22H,8-10H2,(H,23,24)/t13-,14?/m1/s1. The minimum Gasteiger partial charge on any atom is -0.489 e. The highest BCUT2D eigenvalue weighted by atomic mass is 35.5. The van der Waals surface area contributed by atoms with Crippen molar-refractivity contribution in [1.29, 1.82) is 0 Å². The summed E-state index contributed by atoms with van der Waals surface area (Å²) in [6.07, 6.45) is -2.73. The summed E-state index contributed by atoms with van der Waals surface area (Å²) in [5.74, 6) is -0.767. The molecule has 25 heavy (non-hydrogen) atoms. The lowest BCUT2D eigenvalue weighted by Crippen LogP contribution is -2.25. The van der Waals surface area contributed by atoms with Gasteiger partial charge in [0, 0.05) is 17.0 Å². The molecule has 0 aliphatic rings. The molecule has 7 heteroatoms. The van der Waals surface area contributed by atoms with Crippen molar-refractivity contribution in [3.63, 3.8) is 0 Å². The van der Waals surface area contributed by atoms with Crippen molar-refractivity contribution in [2.24, 2.45) is 0 Å². The smallest absolute Gasteiger partial charge is 0.305 e. The van der Waals surface area contributed by atoms with Crippen LogP contribution in [0, 0.1) is 0 Å². The van der Waals surface area contributed by atoms with Crippen molar-refractivity contribution in [2.75, 3.05) is 6.61 Å². The van der Waals surface area contributed by atoms with Crippen LogP contribution in [-0.4, -0.2) is 40.1 Å². The molecule has 0 saturated heterocycles. The zero-order chi connectivity index (χ0) is 18.4. The summed E-state index contributed by atoms with van der Waals surface area (Å²) in [5, 5.41) is 28.9. The maximum atomic E-state index is 10.5. The molecule has 0 amide bonds. The van der Waals surface area contributed by atoms with Crippen molar-refractivity contribution in [2.45, 2.75) is 25.0 Å². The molecule has 0 saturated carbocycles. The molecule has 0 aliphatic heterocycles. The molecule has 134 valence electrons. The number of rotatable bonds is 8. The third-order valence-corrected chi connectivity index (χ3v) is 3.97. The van der Waals surface area contributed by atoms with Gasteiger partial charge in [0.25, 0.3) is 0 Å². The van der Waals surface area contributed by atoms with Gasteiger partial charge in [-0.05, 0) is 17.7 Å². The van der Waals surface area contributed by atoms with E-state index in [4.69, 9.17) is 33.0 Å². The highest BCUT2D eigenvalue weighted by Gasteiger charge is 2.18. The first-order chi connectivity index (χ1) is 11.9. The van der Waals surface area contributed by atoms with Gasteiger partial charge >= 0.3 is 5.97 Å². The predicted octanol–water partition coefficient (Wildman–Crippen LogP) is 3.63. The first-order valence-corrected chi connectivity index (χ1v) is 8.37. The molecule has 2 rings (SSSR count). The molecular formula is C18H18Cl2O5. The first-order valence-electron chi connectivity index (χ1n) is 7.62. The quantitative estimate of drug-likeness (QED) is 0.646. The Hall–Kier alpha value is -1.79. The zero-order valence-corrected chi connectivity index (χ0v) is 14.7. The van der Waals surface area contributed by atoms with E-state index in [-0.39, 0.29) is 13.0 Å². The predicted molar refractivity (Wildman–Crippen MR) is 96.3 cm³/mol.